The van der Waals surface area contributed by atoms with Crippen LogP contribution in [0.4, 0.5) is 5.69 Å². The Balaban J connectivity index is 1.52. The van der Waals surface area contributed by atoms with Crippen LogP contribution in [-0.2, 0) is 22.4 Å². The SMILES string of the molecule is CC(=O)N1CCc2cc(C(=O)NC(Cc3ccccc3)C(=O)N3CCCC3)ccc21. The highest BCUT2D eigenvalue weighted by atomic mass is 16.2. The molecule has 2 aromatic rings. The number of nitrogens with zero attached hydrogens (tertiary/aromatic N) is 2. The molecule has 3 amide bonds. The van der Waals surface area contributed by atoms with Gasteiger partial charge in [-0.15, -0.1) is 0 Å². The molecule has 1 saturated heterocycles. The molecule has 0 aromatic heterocycles. The lowest BCUT2D eigenvalue weighted by Gasteiger charge is -2.24. The highest BCUT2D eigenvalue weighted by Crippen LogP contribution is 2.29. The lowest BCUT2D eigenvalue weighted by atomic mass is 10.0. The van der Waals surface area contributed by atoms with Gasteiger partial charge in [-0.1, -0.05) is 30.3 Å². The van der Waals surface area contributed by atoms with Gasteiger partial charge in [-0.3, -0.25) is 14.4 Å². The third-order valence-corrected chi connectivity index (χ3v) is 5.92. The Kier molecular flexibility index (Phi) is 5.84. The third-order valence-electron chi connectivity index (χ3n) is 5.92. The molecule has 6 heteroatoms. The second-order valence-corrected chi connectivity index (χ2v) is 8.01. The summed E-state index contributed by atoms with van der Waals surface area (Å²) in [5.41, 5.74) is 3.39. The number of anilines is 1. The van der Waals surface area contributed by atoms with Crippen molar-refractivity contribution in [2.75, 3.05) is 24.5 Å². The summed E-state index contributed by atoms with van der Waals surface area (Å²) in [6.45, 7) is 3.69. The van der Waals surface area contributed by atoms with Crippen molar-refractivity contribution in [2.24, 2.45) is 0 Å². The van der Waals surface area contributed by atoms with E-state index >= 15 is 0 Å². The lowest BCUT2D eigenvalue weighted by Crippen LogP contribution is -2.49. The molecule has 2 aromatic carbocycles. The quantitative estimate of drug-likeness (QED) is 0.831. The minimum Gasteiger partial charge on any atom is -0.341 e. The zero-order valence-corrected chi connectivity index (χ0v) is 17.3. The summed E-state index contributed by atoms with van der Waals surface area (Å²) in [7, 11) is 0. The maximum atomic E-state index is 13.1. The van der Waals surface area contributed by atoms with Gasteiger partial charge in [0.1, 0.15) is 6.04 Å². The maximum Gasteiger partial charge on any atom is 0.251 e. The minimum atomic E-state index is -0.597. The normalized spacial score (nSPS) is 16.3. The molecule has 2 aliphatic rings. The smallest absolute Gasteiger partial charge is 0.251 e. The van der Waals surface area contributed by atoms with Crippen LogP contribution in [0.2, 0.25) is 0 Å². The Morgan fingerprint density at radius 3 is 2.43 bits per heavy atom. The van der Waals surface area contributed by atoms with Crippen LogP contribution in [0.1, 0.15) is 41.3 Å². The first-order valence-corrected chi connectivity index (χ1v) is 10.6. The molecule has 4 rings (SSSR count). The number of carbonyl (C=O) groups is 3. The molecule has 1 atom stereocenters. The van der Waals surface area contributed by atoms with Gasteiger partial charge >= 0.3 is 0 Å². The van der Waals surface area contributed by atoms with Gasteiger partial charge in [0.05, 0.1) is 0 Å². The summed E-state index contributed by atoms with van der Waals surface area (Å²) in [6.07, 6.45) is 3.21. The molecule has 0 spiro atoms. The summed E-state index contributed by atoms with van der Waals surface area (Å²) >= 11 is 0. The highest BCUT2D eigenvalue weighted by molar-refractivity contribution is 5.99. The topological polar surface area (TPSA) is 69.7 Å². The van der Waals surface area contributed by atoms with Crippen LogP contribution < -0.4 is 10.2 Å². The number of hydrogen-bond acceptors (Lipinski definition) is 3. The number of carbonyl (C=O) groups excluding carboxylic acids is 3. The van der Waals surface area contributed by atoms with Crippen LogP contribution in [0.15, 0.2) is 48.5 Å². The number of likely N-dealkylation sites (tertiary alicyclic amines) is 1. The molecule has 156 valence electrons. The third kappa shape index (κ3) is 4.22. The Labute approximate surface area is 176 Å². The van der Waals surface area contributed by atoms with E-state index in [1.807, 2.05) is 47.4 Å². The first-order chi connectivity index (χ1) is 14.5. The molecule has 1 fully saturated rings. The van der Waals surface area contributed by atoms with Crippen molar-refractivity contribution in [2.45, 2.75) is 38.6 Å². The predicted molar refractivity (Wildman–Crippen MR) is 115 cm³/mol. The zero-order chi connectivity index (χ0) is 21.1. The molecule has 2 heterocycles. The van der Waals surface area contributed by atoms with Gasteiger partial charge in [-0.2, -0.15) is 0 Å². The first-order valence-electron chi connectivity index (χ1n) is 10.6. The van der Waals surface area contributed by atoms with E-state index < -0.39 is 6.04 Å². The average Bonchev–Trinajstić information content (AvgIpc) is 3.43. The molecular formula is C24H27N3O3. The number of hydrogen-bond donors (Lipinski definition) is 1. The maximum absolute atomic E-state index is 13.1. The predicted octanol–water partition coefficient (Wildman–Crippen LogP) is 2.56. The van der Waals surface area contributed by atoms with E-state index in [-0.39, 0.29) is 17.7 Å². The van der Waals surface area contributed by atoms with Crippen LogP contribution in [0.5, 0.6) is 0 Å². The second kappa shape index (κ2) is 8.69. The Hall–Kier alpha value is -3.15. The fourth-order valence-electron chi connectivity index (χ4n) is 4.32. The summed E-state index contributed by atoms with van der Waals surface area (Å²) in [4.78, 5) is 41.4. The Morgan fingerprint density at radius 1 is 1.00 bits per heavy atom. The van der Waals surface area contributed by atoms with Gasteiger partial charge in [-0.25, -0.2) is 0 Å². The van der Waals surface area contributed by atoms with Gasteiger partial charge in [0, 0.05) is 44.2 Å². The molecule has 0 aliphatic carbocycles. The minimum absolute atomic E-state index is 0.00471. The average molecular weight is 405 g/mol. The van der Waals surface area contributed by atoms with E-state index in [2.05, 4.69) is 5.32 Å². The fraction of sp³-hybridized carbons (Fsp3) is 0.375. The number of fused-ring (bicyclic) bond motifs is 1. The fourth-order valence-corrected chi connectivity index (χ4v) is 4.32. The molecule has 0 bridgehead atoms. The first kappa shape index (κ1) is 20.1. The van der Waals surface area contributed by atoms with Gasteiger partial charge < -0.3 is 15.1 Å². The van der Waals surface area contributed by atoms with Crippen LogP contribution in [0.3, 0.4) is 0 Å². The van der Waals surface area contributed by atoms with Crippen molar-refractivity contribution in [1.82, 2.24) is 10.2 Å². The van der Waals surface area contributed by atoms with E-state index in [0.29, 0.717) is 18.5 Å². The van der Waals surface area contributed by atoms with E-state index in [1.54, 1.807) is 17.9 Å². The lowest BCUT2D eigenvalue weighted by molar-refractivity contribution is -0.132. The molecule has 30 heavy (non-hydrogen) atoms. The number of nitrogens with one attached hydrogen (secondary N) is 1. The largest absolute Gasteiger partial charge is 0.341 e. The van der Waals surface area contributed by atoms with Crippen LogP contribution in [0.25, 0.3) is 0 Å². The molecule has 1 N–H and O–H groups in total. The van der Waals surface area contributed by atoms with Crippen molar-refractivity contribution in [3.63, 3.8) is 0 Å². The summed E-state index contributed by atoms with van der Waals surface area (Å²) in [6, 6.07) is 14.6. The van der Waals surface area contributed by atoms with Crippen LogP contribution in [0, 0.1) is 0 Å². The molecule has 2 aliphatic heterocycles. The van der Waals surface area contributed by atoms with Crippen LogP contribution >= 0.6 is 0 Å². The number of amides is 3. The van der Waals surface area contributed by atoms with E-state index in [4.69, 9.17) is 0 Å². The van der Waals surface area contributed by atoms with Crippen molar-refractivity contribution >= 4 is 23.4 Å². The summed E-state index contributed by atoms with van der Waals surface area (Å²) < 4.78 is 0. The summed E-state index contributed by atoms with van der Waals surface area (Å²) in [5.74, 6) is -0.272. The van der Waals surface area contributed by atoms with E-state index in [1.165, 1.54) is 0 Å². The van der Waals surface area contributed by atoms with Crippen molar-refractivity contribution in [1.29, 1.82) is 0 Å². The highest BCUT2D eigenvalue weighted by Gasteiger charge is 2.29. The number of rotatable bonds is 5. The molecule has 6 nitrogen and oxygen atoms in total. The molecule has 0 saturated carbocycles. The van der Waals surface area contributed by atoms with Crippen molar-refractivity contribution in [3.05, 3.63) is 65.2 Å². The van der Waals surface area contributed by atoms with E-state index in [9.17, 15) is 14.4 Å². The van der Waals surface area contributed by atoms with Crippen molar-refractivity contribution in [3.8, 4) is 0 Å². The molecular weight excluding hydrogens is 378 g/mol. The second-order valence-electron chi connectivity index (χ2n) is 8.01. The zero-order valence-electron chi connectivity index (χ0n) is 17.3. The monoisotopic (exact) mass is 405 g/mol. The van der Waals surface area contributed by atoms with Gasteiger partial charge in [-0.05, 0) is 48.6 Å². The standard InChI is InChI=1S/C24H27N3O3/c1-17(28)27-14-11-19-16-20(9-10-22(19)27)23(29)25-21(15-18-7-3-2-4-8-18)24(30)26-12-5-6-13-26/h2-4,7-10,16,21H,5-6,11-15H2,1H3,(H,25,29). The van der Waals surface area contributed by atoms with Crippen molar-refractivity contribution < 1.29 is 14.4 Å². The molecule has 0 radical (unpaired) electrons. The van der Waals surface area contributed by atoms with Crippen LogP contribution in [-0.4, -0.2) is 48.3 Å². The van der Waals surface area contributed by atoms with Gasteiger partial charge in [0.2, 0.25) is 11.8 Å². The Morgan fingerprint density at radius 2 is 1.73 bits per heavy atom. The number of benzene rings is 2. The van der Waals surface area contributed by atoms with Gasteiger partial charge in [0.15, 0.2) is 0 Å². The molecule has 1 unspecified atom stereocenters. The summed E-state index contributed by atoms with van der Waals surface area (Å²) in [5, 5.41) is 2.97. The van der Waals surface area contributed by atoms with E-state index in [0.717, 1.165) is 49.2 Å². The van der Waals surface area contributed by atoms with Gasteiger partial charge in [0.25, 0.3) is 5.91 Å². The Bertz CT molecular complexity index is 951.